The van der Waals surface area contributed by atoms with Crippen molar-refractivity contribution in [2.24, 2.45) is 7.05 Å². The van der Waals surface area contributed by atoms with Crippen molar-refractivity contribution in [3.63, 3.8) is 0 Å². The third-order valence-corrected chi connectivity index (χ3v) is 4.12. The van der Waals surface area contributed by atoms with Crippen LogP contribution in [-0.4, -0.2) is 42.6 Å². The zero-order chi connectivity index (χ0) is 19.3. The summed E-state index contributed by atoms with van der Waals surface area (Å²) in [5, 5.41) is 3.13. The number of nitrogens with zero attached hydrogens (tertiary/aromatic N) is 3. The van der Waals surface area contributed by atoms with Crippen molar-refractivity contribution in [2.45, 2.75) is 26.4 Å². The lowest BCUT2D eigenvalue weighted by Gasteiger charge is -2.19. The Hall–Kier alpha value is -2.55. The lowest BCUT2D eigenvalue weighted by atomic mass is 10.1. The Bertz CT molecular complexity index is 814. The third kappa shape index (κ3) is 5.76. The van der Waals surface area contributed by atoms with Crippen LogP contribution in [-0.2, 0) is 22.7 Å². The first-order valence-electron chi connectivity index (χ1n) is 8.13. The van der Waals surface area contributed by atoms with E-state index in [4.69, 9.17) is 4.74 Å². The number of ether oxygens (including phenoxy) is 1. The molecule has 0 radical (unpaired) electrons. The van der Waals surface area contributed by atoms with Crippen LogP contribution in [0.4, 0.5) is 11.5 Å². The van der Waals surface area contributed by atoms with Gasteiger partial charge in [0.05, 0.1) is 18.4 Å². The van der Waals surface area contributed by atoms with Crippen molar-refractivity contribution in [1.29, 1.82) is 0 Å². The number of carbonyl (C=O) groups excluding carboxylic acids is 1. The minimum atomic E-state index is -2.78. The molecule has 0 atom stereocenters. The number of hydrogen-bond acceptors (Lipinski definition) is 6. The number of nitrogens with one attached hydrogen (secondary N) is 1. The summed E-state index contributed by atoms with van der Waals surface area (Å²) in [6.07, 6.45) is 3.19. The van der Waals surface area contributed by atoms with Gasteiger partial charge in [-0.15, -0.1) is 0 Å². The number of anilines is 2. The summed E-state index contributed by atoms with van der Waals surface area (Å²) in [7, 11) is -1.00. The number of hydrogen-bond donors (Lipinski definition) is 2. The summed E-state index contributed by atoms with van der Waals surface area (Å²) in [6.45, 7) is 6.08. The number of aromatic nitrogens is 2. The molecule has 2 aromatic rings. The third-order valence-electron chi connectivity index (χ3n) is 3.33. The number of imidazole rings is 1. The lowest BCUT2D eigenvalue weighted by Crippen LogP contribution is -2.28. The predicted molar refractivity (Wildman–Crippen MR) is 101 cm³/mol. The summed E-state index contributed by atoms with van der Waals surface area (Å²) in [5.41, 5.74) is 0.695. The molecule has 1 heterocycles. The maximum Gasteiger partial charge on any atom is 0.338 e. The number of carbonyl (C=O) groups is 1. The van der Waals surface area contributed by atoms with E-state index in [1.807, 2.05) is 20.8 Å². The molecule has 0 unspecified atom stereocenters. The molecule has 142 valence electrons. The van der Waals surface area contributed by atoms with E-state index in [-0.39, 0.29) is 12.5 Å². The fourth-order valence-corrected chi connectivity index (χ4v) is 2.71. The minimum Gasteiger partial charge on any atom is -0.456 e. The highest BCUT2D eigenvalue weighted by Gasteiger charge is 2.17. The van der Waals surface area contributed by atoms with Crippen molar-refractivity contribution < 1.29 is 17.9 Å². The molecule has 1 aromatic carbocycles. The molecular weight excluding hydrogens is 356 g/mol. The van der Waals surface area contributed by atoms with E-state index in [2.05, 4.69) is 10.3 Å². The van der Waals surface area contributed by atoms with Crippen LogP contribution in [0.2, 0.25) is 0 Å². The van der Waals surface area contributed by atoms with Crippen LogP contribution in [0.25, 0.3) is 0 Å². The van der Waals surface area contributed by atoms with Gasteiger partial charge in [-0.3, -0.25) is 4.31 Å². The van der Waals surface area contributed by atoms with E-state index in [1.165, 1.54) is 4.31 Å². The Balaban J connectivity index is 1.92. The first kappa shape index (κ1) is 19.8. The second-order valence-corrected chi connectivity index (χ2v) is 7.72. The number of aryl methyl sites for hydroxylation is 1. The monoisotopic (exact) mass is 380 g/mol. The van der Waals surface area contributed by atoms with Gasteiger partial charge < -0.3 is 14.6 Å². The average molecular weight is 380 g/mol. The van der Waals surface area contributed by atoms with E-state index < -0.39 is 16.5 Å². The van der Waals surface area contributed by atoms with Crippen LogP contribution < -0.4 is 9.62 Å². The summed E-state index contributed by atoms with van der Waals surface area (Å²) < 4.78 is 31.0. The number of rotatable bonds is 7. The van der Waals surface area contributed by atoms with Crippen molar-refractivity contribution in [3.8, 4) is 0 Å². The highest BCUT2D eigenvalue weighted by molar-refractivity contribution is 7.74. The molecule has 0 saturated carbocycles. The molecule has 0 aliphatic carbocycles. The van der Waals surface area contributed by atoms with Crippen molar-refractivity contribution in [1.82, 2.24) is 9.55 Å². The smallest absolute Gasteiger partial charge is 0.338 e. The Morgan fingerprint density at radius 3 is 2.42 bits per heavy atom. The predicted octanol–water partition coefficient (Wildman–Crippen LogP) is 1.82. The molecule has 0 saturated heterocycles. The Kier molecular flexibility index (Phi) is 6.25. The largest absolute Gasteiger partial charge is 0.456 e. The fourth-order valence-electron chi connectivity index (χ4n) is 2.18. The van der Waals surface area contributed by atoms with E-state index in [0.29, 0.717) is 17.9 Å². The van der Waals surface area contributed by atoms with Crippen LogP contribution >= 0.6 is 0 Å². The summed E-state index contributed by atoms with van der Waals surface area (Å²) >= 11 is 0. The molecule has 1 aromatic heterocycles. The van der Waals surface area contributed by atoms with Gasteiger partial charge in [0.15, 0.2) is 5.82 Å². The fraction of sp³-hybridized carbons (Fsp3) is 0.412. The maximum atomic E-state index is 12.0. The van der Waals surface area contributed by atoms with Crippen molar-refractivity contribution in [3.05, 3.63) is 42.4 Å². The SMILES string of the molecule is Cn1cnc(N(CCNc2ccc(C(=O)OC(C)(C)C)cc2)[SH](=O)=O)c1. The molecular formula is C17H24N4O4S. The Morgan fingerprint density at radius 2 is 1.92 bits per heavy atom. The highest BCUT2D eigenvalue weighted by atomic mass is 32.2. The van der Waals surface area contributed by atoms with Gasteiger partial charge in [-0.1, -0.05) is 0 Å². The zero-order valence-corrected chi connectivity index (χ0v) is 16.2. The van der Waals surface area contributed by atoms with Gasteiger partial charge in [-0.25, -0.2) is 18.2 Å². The molecule has 1 N–H and O–H groups in total. The summed E-state index contributed by atoms with van der Waals surface area (Å²) in [4.78, 5) is 16.0. The molecule has 0 fully saturated rings. The Labute approximate surface area is 154 Å². The van der Waals surface area contributed by atoms with Gasteiger partial charge in [-0.05, 0) is 45.0 Å². The zero-order valence-electron chi connectivity index (χ0n) is 15.3. The van der Waals surface area contributed by atoms with Gasteiger partial charge in [0.2, 0.25) is 10.9 Å². The van der Waals surface area contributed by atoms with E-state index in [0.717, 1.165) is 5.69 Å². The molecule has 0 amide bonds. The van der Waals surface area contributed by atoms with Crippen LogP contribution in [0.1, 0.15) is 31.1 Å². The summed E-state index contributed by atoms with van der Waals surface area (Å²) in [6, 6.07) is 6.84. The molecule has 0 aliphatic rings. The topological polar surface area (TPSA) is 93.5 Å². The second-order valence-electron chi connectivity index (χ2n) is 6.76. The van der Waals surface area contributed by atoms with Crippen molar-refractivity contribution >= 4 is 28.4 Å². The van der Waals surface area contributed by atoms with E-state index in [9.17, 15) is 13.2 Å². The molecule has 9 heteroatoms. The molecule has 0 bridgehead atoms. The van der Waals surface area contributed by atoms with Crippen molar-refractivity contribution in [2.75, 3.05) is 22.7 Å². The lowest BCUT2D eigenvalue weighted by molar-refractivity contribution is 0.00695. The van der Waals surface area contributed by atoms with Crippen LogP contribution in [0, 0.1) is 0 Å². The van der Waals surface area contributed by atoms with Gasteiger partial charge in [0, 0.05) is 25.5 Å². The molecule has 26 heavy (non-hydrogen) atoms. The number of thiol groups is 1. The molecule has 0 spiro atoms. The molecule has 0 aliphatic heterocycles. The molecule has 2 rings (SSSR count). The minimum absolute atomic E-state index is 0.240. The first-order valence-corrected chi connectivity index (χ1v) is 9.26. The van der Waals surface area contributed by atoms with Gasteiger partial charge in [0.25, 0.3) is 0 Å². The number of esters is 1. The van der Waals surface area contributed by atoms with Crippen LogP contribution in [0.3, 0.4) is 0 Å². The van der Waals surface area contributed by atoms with E-state index >= 15 is 0 Å². The van der Waals surface area contributed by atoms with Crippen LogP contribution in [0.5, 0.6) is 0 Å². The quantitative estimate of drug-likeness (QED) is 0.562. The summed E-state index contributed by atoms with van der Waals surface area (Å²) in [5.74, 6) is -0.000543. The first-order chi connectivity index (χ1) is 12.2. The van der Waals surface area contributed by atoms with Gasteiger partial charge >= 0.3 is 5.97 Å². The number of benzene rings is 1. The maximum absolute atomic E-state index is 12.0. The van der Waals surface area contributed by atoms with E-state index in [1.54, 1.807) is 48.4 Å². The van der Waals surface area contributed by atoms with Crippen LogP contribution in [0.15, 0.2) is 36.8 Å². The average Bonchev–Trinajstić information content (AvgIpc) is 2.96. The standard InChI is InChI=1S/C17H24N4O4S/c1-17(2,3)25-16(22)13-5-7-14(8-6-13)18-9-10-21(26(23)24)15-11-20(4)12-19-15/h5-8,11-12,18,26H,9-10H2,1-4H3. The van der Waals surface area contributed by atoms with Gasteiger partial charge in [0.1, 0.15) is 5.60 Å². The highest BCUT2D eigenvalue weighted by Crippen LogP contribution is 2.15. The molecule has 8 nitrogen and oxygen atoms in total. The normalized spacial score (nSPS) is 11.4. The Morgan fingerprint density at radius 1 is 1.27 bits per heavy atom. The second kappa shape index (κ2) is 8.22. The van der Waals surface area contributed by atoms with Gasteiger partial charge in [-0.2, -0.15) is 0 Å².